The molecule has 138 valence electrons. The quantitative estimate of drug-likeness (QED) is 0.719. The number of amides is 3. The second-order valence-electron chi connectivity index (χ2n) is 5.65. The van der Waals surface area contributed by atoms with Gasteiger partial charge in [0, 0.05) is 11.6 Å². The normalized spacial score (nSPS) is 10.3. The molecule has 7 nitrogen and oxygen atoms in total. The van der Waals surface area contributed by atoms with Gasteiger partial charge in [0.1, 0.15) is 5.75 Å². The van der Waals surface area contributed by atoms with E-state index in [0.29, 0.717) is 17.3 Å². The lowest BCUT2D eigenvalue weighted by molar-refractivity contribution is -0.150. The van der Waals surface area contributed by atoms with Crippen molar-refractivity contribution in [3.63, 3.8) is 0 Å². The summed E-state index contributed by atoms with van der Waals surface area (Å²) in [4.78, 5) is 34.3. The monoisotopic (exact) mass is 370 g/mol. The van der Waals surface area contributed by atoms with Crippen LogP contribution in [-0.2, 0) is 14.3 Å². The molecule has 25 heavy (non-hydrogen) atoms. The number of carbonyl (C=O) groups excluding carboxylic acids is 3. The van der Waals surface area contributed by atoms with Gasteiger partial charge in [-0.05, 0) is 43.0 Å². The number of carbonyl (C=O) groups is 3. The molecule has 0 aliphatic carbocycles. The fourth-order valence-corrected chi connectivity index (χ4v) is 2.11. The number of urea groups is 1. The van der Waals surface area contributed by atoms with Crippen LogP contribution in [0.1, 0.15) is 37.8 Å². The van der Waals surface area contributed by atoms with Gasteiger partial charge in [-0.2, -0.15) is 0 Å². The molecule has 1 aromatic rings. The number of esters is 1. The molecule has 3 amide bonds. The molecule has 0 atom stereocenters. The Morgan fingerprint density at radius 3 is 2.48 bits per heavy atom. The Morgan fingerprint density at radius 1 is 1.20 bits per heavy atom. The van der Waals surface area contributed by atoms with Crippen LogP contribution in [0.25, 0.3) is 0 Å². The molecule has 0 bridgehead atoms. The molecule has 1 aromatic carbocycles. The Morgan fingerprint density at radius 2 is 1.88 bits per heavy atom. The summed E-state index contributed by atoms with van der Waals surface area (Å²) in [5.74, 6) is -0.731. The average molecular weight is 371 g/mol. The van der Waals surface area contributed by atoms with Gasteiger partial charge in [-0.3, -0.25) is 10.1 Å². The van der Waals surface area contributed by atoms with Gasteiger partial charge < -0.3 is 14.8 Å². The van der Waals surface area contributed by atoms with Crippen molar-refractivity contribution < 1.29 is 23.9 Å². The standard InChI is InChI=1S/C17H23ClN2O5/c1-5-19-17(23)20-15(21)8-25-16(22)9-24-14-6-11(4)13(18)7-12(14)10(2)3/h6-7,10H,5,8-9H2,1-4H3,(H2,19,20,21,23). The number of rotatable bonds is 7. The first-order valence-corrected chi connectivity index (χ1v) is 8.28. The fraction of sp³-hybridized carbons (Fsp3) is 0.471. The molecule has 0 unspecified atom stereocenters. The van der Waals surface area contributed by atoms with Crippen molar-refractivity contribution in [1.82, 2.24) is 10.6 Å². The third-order valence-corrected chi connectivity index (χ3v) is 3.62. The summed E-state index contributed by atoms with van der Waals surface area (Å²) in [7, 11) is 0. The van der Waals surface area contributed by atoms with Gasteiger partial charge in [0.25, 0.3) is 5.91 Å². The number of nitrogens with one attached hydrogen (secondary N) is 2. The van der Waals surface area contributed by atoms with Crippen molar-refractivity contribution in [3.8, 4) is 5.75 Å². The van der Waals surface area contributed by atoms with E-state index < -0.39 is 24.5 Å². The summed E-state index contributed by atoms with van der Waals surface area (Å²) in [6.07, 6.45) is 0. The highest BCUT2D eigenvalue weighted by Gasteiger charge is 2.14. The molecule has 0 aliphatic heterocycles. The maximum Gasteiger partial charge on any atom is 0.344 e. The topological polar surface area (TPSA) is 93.7 Å². The molecule has 0 heterocycles. The maximum atomic E-state index is 11.7. The molecule has 0 spiro atoms. The summed E-state index contributed by atoms with van der Waals surface area (Å²) < 4.78 is 10.3. The summed E-state index contributed by atoms with van der Waals surface area (Å²) in [6.45, 7) is 6.99. The van der Waals surface area contributed by atoms with Crippen molar-refractivity contribution in [2.24, 2.45) is 0 Å². The van der Waals surface area contributed by atoms with Crippen LogP contribution in [0, 0.1) is 6.92 Å². The molecule has 1 rings (SSSR count). The molecule has 0 aliphatic rings. The van der Waals surface area contributed by atoms with E-state index in [1.54, 1.807) is 13.0 Å². The van der Waals surface area contributed by atoms with E-state index in [2.05, 4.69) is 5.32 Å². The average Bonchev–Trinajstić information content (AvgIpc) is 2.53. The predicted molar refractivity (Wildman–Crippen MR) is 93.9 cm³/mol. The minimum atomic E-state index is -0.718. The van der Waals surface area contributed by atoms with Crippen molar-refractivity contribution in [2.75, 3.05) is 19.8 Å². The lowest BCUT2D eigenvalue weighted by Gasteiger charge is -2.15. The van der Waals surface area contributed by atoms with Crippen molar-refractivity contribution in [2.45, 2.75) is 33.6 Å². The minimum Gasteiger partial charge on any atom is -0.482 e. The van der Waals surface area contributed by atoms with Gasteiger partial charge in [0.2, 0.25) is 0 Å². The molecule has 8 heteroatoms. The third-order valence-electron chi connectivity index (χ3n) is 3.21. The number of aryl methyl sites for hydroxylation is 1. The van der Waals surface area contributed by atoms with Crippen LogP contribution in [0.4, 0.5) is 4.79 Å². The first-order valence-electron chi connectivity index (χ1n) is 7.90. The maximum absolute atomic E-state index is 11.7. The summed E-state index contributed by atoms with van der Waals surface area (Å²) >= 11 is 6.12. The van der Waals surface area contributed by atoms with E-state index in [9.17, 15) is 14.4 Å². The van der Waals surface area contributed by atoms with Gasteiger partial charge in [-0.1, -0.05) is 25.4 Å². The van der Waals surface area contributed by atoms with E-state index >= 15 is 0 Å². The van der Waals surface area contributed by atoms with Crippen LogP contribution in [0.15, 0.2) is 12.1 Å². The van der Waals surface area contributed by atoms with Crippen molar-refractivity contribution in [3.05, 3.63) is 28.3 Å². The van der Waals surface area contributed by atoms with Crippen LogP contribution in [0.3, 0.4) is 0 Å². The van der Waals surface area contributed by atoms with Gasteiger partial charge in [0.05, 0.1) is 0 Å². The second-order valence-corrected chi connectivity index (χ2v) is 6.06. The zero-order chi connectivity index (χ0) is 19.0. The SMILES string of the molecule is CCNC(=O)NC(=O)COC(=O)COc1cc(C)c(Cl)cc1C(C)C. The number of ether oxygens (including phenoxy) is 2. The Hall–Kier alpha value is -2.28. The zero-order valence-corrected chi connectivity index (χ0v) is 15.5. The van der Waals surface area contributed by atoms with Crippen molar-refractivity contribution in [1.29, 1.82) is 0 Å². The molecule has 2 N–H and O–H groups in total. The molecular weight excluding hydrogens is 348 g/mol. The second kappa shape index (κ2) is 9.88. The lowest BCUT2D eigenvalue weighted by atomic mass is 10.0. The molecule has 0 saturated carbocycles. The highest BCUT2D eigenvalue weighted by molar-refractivity contribution is 6.31. The van der Waals surface area contributed by atoms with Gasteiger partial charge >= 0.3 is 12.0 Å². The molecule has 0 aromatic heterocycles. The number of benzene rings is 1. The van der Waals surface area contributed by atoms with Crippen LogP contribution < -0.4 is 15.4 Å². The zero-order valence-electron chi connectivity index (χ0n) is 14.8. The van der Waals surface area contributed by atoms with Gasteiger partial charge in [-0.25, -0.2) is 9.59 Å². The Kier molecular flexibility index (Phi) is 8.21. The number of imide groups is 1. The lowest BCUT2D eigenvalue weighted by Crippen LogP contribution is -2.41. The van der Waals surface area contributed by atoms with E-state index in [4.69, 9.17) is 21.1 Å². The number of halogens is 1. The Bertz CT molecular complexity index is 646. The van der Waals surface area contributed by atoms with E-state index in [-0.39, 0.29) is 12.5 Å². The predicted octanol–water partition coefficient (Wildman–Crippen LogP) is 2.54. The molecule has 0 fully saturated rings. The highest BCUT2D eigenvalue weighted by Crippen LogP contribution is 2.31. The van der Waals surface area contributed by atoms with E-state index in [1.165, 1.54) is 0 Å². The minimum absolute atomic E-state index is 0.159. The van der Waals surface area contributed by atoms with Gasteiger partial charge in [-0.15, -0.1) is 0 Å². The van der Waals surface area contributed by atoms with Crippen LogP contribution in [0.2, 0.25) is 5.02 Å². The third kappa shape index (κ3) is 7.01. The first kappa shape index (κ1) is 20.8. The van der Waals surface area contributed by atoms with Crippen LogP contribution in [-0.4, -0.2) is 37.7 Å². The summed E-state index contributed by atoms with van der Waals surface area (Å²) in [5.41, 5.74) is 1.70. The largest absolute Gasteiger partial charge is 0.482 e. The van der Waals surface area contributed by atoms with Crippen molar-refractivity contribution >= 4 is 29.5 Å². The number of hydrogen-bond donors (Lipinski definition) is 2. The smallest absolute Gasteiger partial charge is 0.344 e. The Labute approximate surface area is 152 Å². The first-order chi connectivity index (χ1) is 11.7. The molecule has 0 radical (unpaired) electrons. The summed E-state index contributed by atoms with van der Waals surface area (Å²) in [6, 6.07) is 2.92. The number of hydrogen-bond acceptors (Lipinski definition) is 5. The van der Waals surface area contributed by atoms with E-state index in [0.717, 1.165) is 11.1 Å². The van der Waals surface area contributed by atoms with Crippen LogP contribution in [0.5, 0.6) is 5.75 Å². The highest BCUT2D eigenvalue weighted by atomic mass is 35.5. The fourth-order valence-electron chi connectivity index (χ4n) is 1.94. The van der Waals surface area contributed by atoms with E-state index in [1.807, 2.05) is 32.2 Å². The Balaban J connectivity index is 2.53. The molecule has 0 saturated heterocycles. The summed E-state index contributed by atoms with van der Waals surface area (Å²) in [5, 5.41) is 5.04. The van der Waals surface area contributed by atoms with Gasteiger partial charge in [0.15, 0.2) is 13.2 Å². The van der Waals surface area contributed by atoms with Crippen LogP contribution >= 0.6 is 11.6 Å². The molecular formula is C17H23ClN2O5.